The molecule has 0 unspecified atom stereocenters. The van der Waals surface area contributed by atoms with Crippen LogP contribution in [-0.4, -0.2) is 50.5 Å². The summed E-state index contributed by atoms with van der Waals surface area (Å²) in [5, 5.41) is 3.47. The lowest BCUT2D eigenvalue weighted by atomic mass is 10.0. The van der Waals surface area contributed by atoms with Gasteiger partial charge in [-0.3, -0.25) is 13.9 Å². The number of rotatable bonds is 13. The highest BCUT2D eigenvalue weighted by atomic mass is 35.5. The highest BCUT2D eigenvalue weighted by Crippen LogP contribution is 2.31. The van der Waals surface area contributed by atoms with E-state index in [0.717, 1.165) is 27.3 Å². The minimum atomic E-state index is -3.71. The van der Waals surface area contributed by atoms with Crippen molar-refractivity contribution in [3.8, 4) is 0 Å². The van der Waals surface area contributed by atoms with Crippen LogP contribution in [0.2, 0.25) is 10.0 Å². The molecule has 10 heteroatoms. The van der Waals surface area contributed by atoms with E-state index >= 15 is 0 Å². The van der Waals surface area contributed by atoms with Crippen LogP contribution in [0.4, 0.5) is 5.69 Å². The standard InChI is InChI=1S/C30H35Cl2N3O4S/c1-4-33-30(37)28(19-23-12-6-5-7-13-23)34(21-24-14-9-8-11-22(24)2)29(36)15-10-18-35(40(3,38)39)27-20-25(31)16-17-26(27)32/h5-9,11-14,16-17,20,28H,4,10,15,18-19,21H2,1-3H3,(H,33,37)/t28-/m0/s1. The molecule has 0 saturated carbocycles. The van der Waals surface area contributed by atoms with Crippen molar-refractivity contribution in [3.05, 3.63) is 99.5 Å². The fourth-order valence-electron chi connectivity index (χ4n) is 4.48. The second-order valence-electron chi connectivity index (χ2n) is 9.58. The first-order valence-electron chi connectivity index (χ1n) is 13.1. The number of sulfonamides is 1. The smallest absolute Gasteiger partial charge is 0.243 e. The Bertz CT molecular complexity index is 1420. The number of aryl methyl sites for hydroxylation is 1. The van der Waals surface area contributed by atoms with E-state index < -0.39 is 16.1 Å². The molecule has 7 nitrogen and oxygen atoms in total. The molecule has 1 N–H and O–H groups in total. The average Bonchev–Trinajstić information content (AvgIpc) is 2.91. The molecule has 3 aromatic rings. The van der Waals surface area contributed by atoms with E-state index in [0.29, 0.717) is 18.0 Å². The largest absolute Gasteiger partial charge is 0.355 e. The van der Waals surface area contributed by atoms with Crippen molar-refractivity contribution < 1.29 is 18.0 Å². The molecule has 0 fully saturated rings. The lowest BCUT2D eigenvalue weighted by Gasteiger charge is -2.32. The molecule has 3 aromatic carbocycles. The van der Waals surface area contributed by atoms with Gasteiger partial charge in [0.25, 0.3) is 0 Å². The summed E-state index contributed by atoms with van der Waals surface area (Å²) in [7, 11) is -3.71. The Hall–Kier alpha value is -3.07. The normalized spacial score (nSPS) is 12.0. The molecule has 0 radical (unpaired) electrons. The number of amides is 2. The number of anilines is 1. The Morgan fingerprint density at radius 2 is 1.65 bits per heavy atom. The second-order valence-corrected chi connectivity index (χ2v) is 12.3. The van der Waals surface area contributed by atoms with Gasteiger partial charge in [-0.1, -0.05) is 77.8 Å². The molecule has 40 heavy (non-hydrogen) atoms. The summed E-state index contributed by atoms with van der Waals surface area (Å²) in [5.41, 5.74) is 3.13. The van der Waals surface area contributed by atoms with Crippen molar-refractivity contribution in [3.63, 3.8) is 0 Å². The summed E-state index contributed by atoms with van der Waals surface area (Å²) in [6, 6.07) is 21.2. The Morgan fingerprint density at radius 1 is 0.975 bits per heavy atom. The van der Waals surface area contributed by atoms with Gasteiger partial charge in [-0.25, -0.2) is 8.42 Å². The summed E-state index contributed by atoms with van der Waals surface area (Å²) in [4.78, 5) is 28.7. The van der Waals surface area contributed by atoms with E-state index in [2.05, 4.69) is 5.32 Å². The number of carbonyl (C=O) groups is 2. The van der Waals surface area contributed by atoms with Crippen LogP contribution in [0.1, 0.15) is 36.5 Å². The number of nitrogens with zero attached hydrogens (tertiary/aromatic N) is 2. The third-order valence-electron chi connectivity index (χ3n) is 6.55. The van der Waals surface area contributed by atoms with Crippen LogP contribution in [0.3, 0.4) is 0 Å². The van der Waals surface area contributed by atoms with Crippen molar-refractivity contribution >= 4 is 50.7 Å². The van der Waals surface area contributed by atoms with Crippen LogP contribution in [0.5, 0.6) is 0 Å². The molecule has 0 bridgehead atoms. The van der Waals surface area contributed by atoms with Crippen molar-refractivity contribution in [1.82, 2.24) is 10.2 Å². The number of likely N-dealkylation sites (N-methyl/N-ethyl adjacent to an activating group) is 1. The highest BCUT2D eigenvalue weighted by molar-refractivity contribution is 7.92. The maximum absolute atomic E-state index is 13.8. The molecule has 3 rings (SSSR count). The zero-order valence-electron chi connectivity index (χ0n) is 22.9. The summed E-state index contributed by atoms with van der Waals surface area (Å²) < 4.78 is 26.4. The monoisotopic (exact) mass is 603 g/mol. The molecule has 0 spiro atoms. The minimum Gasteiger partial charge on any atom is -0.355 e. The molecule has 2 amide bonds. The zero-order chi connectivity index (χ0) is 29.3. The number of halogens is 2. The topological polar surface area (TPSA) is 86.8 Å². The van der Waals surface area contributed by atoms with Crippen molar-refractivity contribution in [1.29, 1.82) is 0 Å². The first-order chi connectivity index (χ1) is 19.0. The van der Waals surface area contributed by atoms with Gasteiger partial charge in [0, 0.05) is 37.5 Å². The molecule has 0 aliphatic rings. The van der Waals surface area contributed by atoms with Gasteiger partial charge in [0.15, 0.2) is 0 Å². The predicted molar refractivity (Wildman–Crippen MR) is 162 cm³/mol. The van der Waals surface area contributed by atoms with Gasteiger partial charge in [-0.2, -0.15) is 0 Å². The van der Waals surface area contributed by atoms with E-state index in [4.69, 9.17) is 23.2 Å². The Balaban J connectivity index is 1.89. The number of carbonyl (C=O) groups excluding carboxylic acids is 2. The zero-order valence-corrected chi connectivity index (χ0v) is 25.3. The number of hydrogen-bond donors (Lipinski definition) is 1. The third-order valence-corrected chi connectivity index (χ3v) is 8.29. The molecule has 0 saturated heterocycles. The van der Waals surface area contributed by atoms with Crippen LogP contribution in [-0.2, 0) is 32.6 Å². The van der Waals surface area contributed by atoms with Gasteiger partial charge in [0.2, 0.25) is 21.8 Å². The van der Waals surface area contributed by atoms with E-state index in [9.17, 15) is 18.0 Å². The van der Waals surface area contributed by atoms with E-state index in [1.54, 1.807) is 11.0 Å². The van der Waals surface area contributed by atoms with Crippen LogP contribution in [0.25, 0.3) is 0 Å². The first-order valence-corrected chi connectivity index (χ1v) is 15.7. The lowest BCUT2D eigenvalue weighted by molar-refractivity contribution is -0.141. The molecule has 0 aromatic heterocycles. The van der Waals surface area contributed by atoms with Gasteiger partial charge in [0.1, 0.15) is 6.04 Å². The minimum absolute atomic E-state index is 0.0212. The molecule has 0 aliphatic heterocycles. The summed E-state index contributed by atoms with van der Waals surface area (Å²) in [6.45, 7) is 4.50. The number of hydrogen-bond acceptors (Lipinski definition) is 4. The average molecular weight is 605 g/mol. The summed E-state index contributed by atoms with van der Waals surface area (Å²) in [6.07, 6.45) is 1.67. The van der Waals surface area contributed by atoms with Gasteiger partial charge in [-0.05, 0) is 55.2 Å². The SMILES string of the molecule is CCNC(=O)[C@H](Cc1ccccc1)N(Cc1ccccc1C)C(=O)CCCN(c1cc(Cl)ccc1Cl)S(C)(=O)=O. The van der Waals surface area contributed by atoms with E-state index in [1.807, 2.05) is 68.4 Å². The summed E-state index contributed by atoms with van der Waals surface area (Å²) >= 11 is 12.4. The maximum atomic E-state index is 13.8. The van der Waals surface area contributed by atoms with Gasteiger partial charge < -0.3 is 10.2 Å². The predicted octanol–water partition coefficient (Wildman–Crippen LogP) is 5.62. The third kappa shape index (κ3) is 8.71. The number of benzene rings is 3. The van der Waals surface area contributed by atoms with Crippen LogP contribution >= 0.6 is 23.2 Å². The maximum Gasteiger partial charge on any atom is 0.243 e. The molecular formula is C30H35Cl2N3O4S. The molecule has 0 heterocycles. The fraction of sp³-hybridized carbons (Fsp3) is 0.333. The van der Waals surface area contributed by atoms with Crippen molar-refractivity contribution in [2.45, 2.75) is 45.7 Å². The van der Waals surface area contributed by atoms with Gasteiger partial charge in [0.05, 0.1) is 17.0 Å². The Kier molecular flexibility index (Phi) is 11.4. The lowest BCUT2D eigenvalue weighted by Crippen LogP contribution is -2.50. The van der Waals surface area contributed by atoms with Crippen molar-refractivity contribution in [2.75, 3.05) is 23.7 Å². The quantitative estimate of drug-likeness (QED) is 0.274. The second kappa shape index (κ2) is 14.5. The van der Waals surface area contributed by atoms with Gasteiger partial charge in [-0.15, -0.1) is 0 Å². The summed E-state index contributed by atoms with van der Waals surface area (Å²) in [5.74, 6) is -0.488. The van der Waals surface area contributed by atoms with Crippen LogP contribution in [0, 0.1) is 6.92 Å². The molecule has 214 valence electrons. The van der Waals surface area contributed by atoms with Crippen molar-refractivity contribution in [2.24, 2.45) is 0 Å². The van der Waals surface area contributed by atoms with E-state index in [-0.39, 0.29) is 48.5 Å². The highest BCUT2D eigenvalue weighted by Gasteiger charge is 2.30. The first kappa shape index (κ1) is 31.5. The molecule has 1 atom stereocenters. The molecule has 0 aliphatic carbocycles. The Labute approximate surface area is 247 Å². The van der Waals surface area contributed by atoms with Crippen LogP contribution < -0.4 is 9.62 Å². The van der Waals surface area contributed by atoms with Crippen LogP contribution in [0.15, 0.2) is 72.8 Å². The van der Waals surface area contributed by atoms with Gasteiger partial charge >= 0.3 is 0 Å². The molecular weight excluding hydrogens is 569 g/mol. The number of nitrogens with one attached hydrogen (secondary N) is 1. The Morgan fingerprint density at radius 3 is 2.30 bits per heavy atom. The van der Waals surface area contributed by atoms with E-state index in [1.165, 1.54) is 12.1 Å². The fourth-order valence-corrected chi connectivity index (χ4v) is 5.88.